The molecule has 0 spiro atoms. The van der Waals surface area contributed by atoms with Crippen LogP contribution in [0.25, 0.3) is 0 Å². The molecule has 4 rings (SSSR count). The van der Waals surface area contributed by atoms with Gasteiger partial charge in [-0.1, -0.05) is 28.1 Å². The lowest BCUT2D eigenvalue weighted by Crippen LogP contribution is -2.65. The van der Waals surface area contributed by atoms with Gasteiger partial charge >= 0.3 is 0 Å². The average molecular weight is 443 g/mol. The number of nitrogens with zero attached hydrogens (tertiary/aromatic N) is 2. The number of hydrogen-bond donors (Lipinski definition) is 3. The van der Waals surface area contributed by atoms with Crippen molar-refractivity contribution in [3.8, 4) is 6.07 Å². The molecule has 1 aromatic heterocycles. The minimum Gasteiger partial charge on any atom is -0.365 e. The first-order valence-corrected chi connectivity index (χ1v) is 10.2. The highest BCUT2D eigenvalue weighted by Gasteiger charge is 2.60. The molecule has 1 aliphatic heterocycles. The van der Waals surface area contributed by atoms with Gasteiger partial charge in [0.25, 0.3) is 0 Å². The summed E-state index contributed by atoms with van der Waals surface area (Å²) in [6.07, 6.45) is 5.89. The second kappa shape index (κ2) is 6.97. The molecule has 0 amide bonds. The summed E-state index contributed by atoms with van der Waals surface area (Å²) in [6, 6.07) is 14.0. The van der Waals surface area contributed by atoms with Crippen LogP contribution in [0.3, 0.4) is 0 Å². The average Bonchev–Trinajstić information content (AvgIpc) is 3.49. The van der Waals surface area contributed by atoms with Gasteiger partial charge in [0.1, 0.15) is 0 Å². The lowest BCUT2D eigenvalue weighted by molar-refractivity contribution is -0.742. The maximum absolute atomic E-state index is 11.7. The van der Waals surface area contributed by atoms with E-state index in [4.69, 9.17) is 0 Å². The molecule has 1 aliphatic carbocycles. The Morgan fingerprint density at radius 3 is 2.41 bits per heavy atom. The molecule has 2 heterocycles. The zero-order valence-corrected chi connectivity index (χ0v) is 17.4. The predicted molar refractivity (Wildman–Crippen MR) is 110 cm³/mol. The summed E-state index contributed by atoms with van der Waals surface area (Å²) in [7, 11) is 0. The summed E-state index contributed by atoms with van der Waals surface area (Å²) in [4.78, 5) is 0. The summed E-state index contributed by atoms with van der Waals surface area (Å²) in [5, 5.41) is 25.3. The Bertz CT molecular complexity index is 931. The molecule has 0 unspecified atom stereocenters. The topological polar surface area (TPSA) is 59.9 Å². The van der Waals surface area contributed by atoms with Gasteiger partial charge in [-0.3, -0.25) is 0 Å². The highest BCUT2D eigenvalue weighted by Crippen LogP contribution is 2.52. The van der Waals surface area contributed by atoms with Crippen molar-refractivity contribution in [1.82, 2.24) is 5.32 Å². The second-order valence-electron chi connectivity index (χ2n) is 7.40. The molecule has 4 nitrogen and oxygen atoms in total. The summed E-state index contributed by atoms with van der Waals surface area (Å²) in [5.74, 6) is -0.160. The number of aryl methyl sites for hydroxylation is 1. The largest absolute Gasteiger partial charge is 0.365 e. The first-order chi connectivity index (χ1) is 12.9. The third kappa shape index (κ3) is 3.29. The number of nitrogens with one attached hydrogen (secondary N) is 1. The van der Waals surface area contributed by atoms with E-state index in [1.165, 1.54) is 0 Å². The van der Waals surface area contributed by atoms with E-state index in [2.05, 4.69) is 39.9 Å². The van der Waals surface area contributed by atoms with Gasteiger partial charge in [-0.2, -0.15) is 9.83 Å². The monoisotopic (exact) mass is 442 g/mol. The van der Waals surface area contributed by atoms with E-state index < -0.39 is 5.72 Å². The molecule has 1 fully saturated rings. The van der Waals surface area contributed by atoms with Crippen molar-refractivity contribution < 1.29 is 9.67 Å². The second-order valence-corrected chi connectivity index (χ2v) is 8.76. The lowest BCUT2D eigenvalue weighted by atomic mass is 9.76. The number of thiol groups is 1. The molecule has 27 heavy (non-hydrogen) atoms. The number of halogens is 1. The summed E-state index contributed by atoms with van der Waals surface area (Å²) >= 11 is 8.02. The van der Waals surface area contributed by atoms with Crippen LogP contribution in [-0.2, 0) is 0 Å². The van der Waals surface area contributed by atoms with Gasteiger partial charge in [-0.15, -0.1) is 12.6 Å². The highest BCUT2D eigenvalue weighted by molar-refractivity contribution is 9.10. The van der Waals surface area contributed by atoms with Crippen molar-refractivity contribution in [1.29, 1.82) is 5.26 Å². The molecule has 0 bridgehead atoms. The zero-order chi connectivity index (χ0) is 19.2. The van der Waals surface area contributed by atoms with Crippen molar-refractivity contribution >= 4 is 28.6 Å². The summed E-state index contributed by atoms with van der Waals surface area (Å²) in [6.45, 7) is 2.04. The molecule has 2 N–H and O–H groups in total. The van der Waals surface area contributed by atoms with Gasteiger partial charge in [0.05, 0.1) is 22.6 Å². The van der Waals surface area contributed by atoms with Gasteiger partial charge < -0.3 is 10.4 Å². The summed E-state index contributed by atoms with van der Waals surface area (Å²) in [5.41, 5.74) is 1.52. The maximum Gasteiger partial charge on any atom is 0.217 e. The minimum atomic E-state index is -1.16. The van der Waals surface area contributed by atoms with Crippen LogP contribution in [0.15, 0.2) is 63.9 Å². The number of pyridine rings is 1. The highest BCUT2D eigenvalue weighted by atomic mass is 79.9. The molecule has 0 radical (unpaired) electrons. The summed E-state index contributed by atoms with van der Waals surface area (Å²) < 4.78 is 3.01. The molecule has 1 saturated carbocycles. The number of aromatic nitrogens is 1. The molecule has 2 aromatic rings. The van der Waals surface area contributed by atoms with E-state index in [9.17, 15) is 10.4 Å². The van der Waals surface area contributed by atoms with E-state index in [1.807, 2.05) is 60.3 Å². The van der Waals surface area contributed by atoms with Crippen LogP contribution in [-0.4, -0.2) is 10.8 Å². The number of allylic oxidation sites excluding steroid dienone is 1. The van der Waals surface area contributed by atoms with Gasteiger partial charge in [-0.25, -0.2) is 0 Å². The van der Waals surface area contributed by atoms with Crippen LogP contribution in [0.2, 0.25) is 0 Å². The van der Waals surface area contributed by atoms with Crippen molar-refractivity contribution in [2.75, 3.05) is 0 Å². The quantitative estimate of drug-likeness (QED) is 0.501. The normalized spacial score (nSPS) is 27.8. The Labute approximate surface area is 173 Å². The van der Waals surface area contributed by atoms with E-state index >= 15 is 0 Å². The fraction of sp³-hybridized carbons (Fsp3) is 0.333. The molecule has 3 atom stereocenters. The van der Waals surface area contributed by atoms with Crippen LogP contribution >= 0.6 is 28.6 Å². The molecule has 1 aromatic carbocycles. The fourth-order valence-electron chi connectivity index (χ4n) is 4.00. The number of nitriles is 1. The van der Waals surface area contributed by atoms with Crippen LogP contribution in [0.4, 0.5) is 0 Å². The number of hydrogen-bond acceptors (Lipinski definition) is 4. The van der Waals surface area contributed by atoms with Crippen LogP contribution in [0.1, 0.15) is 35.9 Å². The van der Waals surface area contributed by atoms with Crippen molar-refractivity contribution in [3.05, 3.63) is 75.0 Å². The van der Waals surface area contributed by atoms with E-state index in [-0.39, 0.29) is 17.9 Å². The predicted octanol–water partition coefficient (Wildman–Crippen LogP) is 3.74. The SMILES string of the molecule is Cc1cc[n+]([C@H]2[C@H](c3ccc(Br)cc3)C(C#N)=C(S)N[C@@]2(O)C2CC2)cc1. The van der Waals surface area contributed by atoms with Gasteiger partial charge in [0.15, 0.2) is 12.4 Å². The Hall–Kier alpha value is -1.81. The third-order valence-electron chi connectivity index (χ3n) is 5.54. The van der Waals surface area contributed by atoms with E-state index in [0.717, 1.165) is 28.4 Å². The van der Waals surface area contributed by atoms with E-state index in [1.54, 1.807) is 0 Å². The lowest BCUT2D eigenvalue weighted by Gasteiger charge is -2.42. The standard InChI is InChI=1S/C21H20BrN3OS/c1-13-8-10-25(11-9-13)19-18(14-2-6-16(22)7-3-14)17(12-23)20(27)24-21(19,26)15-4-5-15/h2-3,6-11,15,18-19,24,26H,4-5H2,1H3/p+1/t18-,19+,21-/m1/s1. The van der Waals surface area contributed by atoms with Crippen molar-refractivity contribution in [2.24, 2.45) is 5.92 Å². The number of rotatable bonds is 3. The van der Waals surface area contributed by atoms with Gasteiger partial charge in [-0.05, 0) is 43.0 Å². The zero-order valence-electron chi connectivity index (χ0n) is 14.9. The van der Waals surface area contributed by atoms with Crippen LogP contribution < -0.4 is 9.88 Å². The Morgan fingerprint density at radius 1 is 1.22 bits per heavy atom. The Balaban J connectivity index is 1.93. The molecular formula is C21H21BrN3OS+. The first-order valence-electron chi connectivity index (χ1n) is 9.00. The van der Waals surface area contributed by atoms with Crippen molar-refractivity contribution in [2.45, 2.75) is 37.5 Å². The molecule has 138 valence electrons. The number of benzene rings is 1. The van der Waals surface area contributed by atoms with Crippen LogP contribution in [0.5, 0.6) is 0 Å². The van der Waals surface area contributed by atoms with E-state index in [0.29, 0.717) is 10.6 Å². The maximum atomic E-state index is 11.7. The first kappa shape index (κ1) is 18.5. The Kier molecular flexibility index (Phi) is 4.79. The van der Waals surface area contributed by atoms with Gasteiger partial charge in [0, 0.05) is 22.5 Å². The molecule has 2 aliphatic rings. The Morgan fingerprint density at radius 2 is 1.85 bits per heavy atom. The molecule has 0 saturated heterocycles. The number of aliphatic hydroxyl groups is 1. The third-order valence-corrected chi connectivity index (χ3v) is 6.42. The fourth-order valence-corrected chi connectivity index (χ4v) is 4.63. The molecule has 6 heteroatoms. The molecular weight excluding hydrogens is 422 g/mol. The van der Waals surface area contributed by atoms with Gasteiger partial charge in [0.2, 0.25) is 11.8 Å². The van der Waals surface area contributed by atoms with Crippen molar-refractivity contribution in [3.63, 3.8) is 0 Å². The minimum absolute atomic E-state index is 0.136. The smallest absolute Gasteiger partial charge is 0.217 e. The van der Waals surface area contributed by atoms with Crippen LogP contribution in [0, 0.1) is 24.2 Å².